The summed E-state index contributed by atoms with van der Waals surface area (Å²) >= 11 is 1.38. The van der Waals surface area contributed by atoms with Gasteiger partial charge < -0.3 is 10.6 Å². The Kier molecular flexibility index (Phi) is 7.11. The second-order valence-corrected chi connectivity index (χ2v) is 7.83. The molecule has 1 aromatic heterocycles. The Morgan fingerprint density at radius 1 is 1.40 bits per heavy atom. The van der Waals surface area contributed by atoms with Gasteiger partial charge in [0.25, 0.3) is 0 Å². The van der Waals surface area contributed by atoms with Gasteiger partial charge in [0.05, 0.1) is 4.90 Å². The van der Waals surface area contributed by atoms with Gasteiger partial charge in [0, 0.05) is 24.0 Å². The van der Waals surface area contributed by atoms with Crippen LogP contribution in [-0.2, 0) is 16.6 Å². The molecule has 5 nitrogen and oxygen atoms in total. The molecule has 0 radical (unpaired) electrons. The zero-order valence-corrected chi connectivity index (χ0v) is 14.1. The van der Waals surface area contributed by atoms with Crippen LogP contribution in [0.3, 0.4) is 0 Å². The lowest BCUT2D eigenvalue weighted by Gasteiger charge is -2.20. The molecule has 7 heteroatoms. The molecule has 0 amide bonds. The van der Waals surface area contributed by atoms with Gasteiger partial charge in [-0.25, -0.2) is 13.1 Å². The van der Waals surface area contributed by atoms with Crippen LogP contribution in [0.5, 0.6) is 0 Å². The summed E-state index contributed by atoms with van der Waals surface area (Å²) in [5.41, 5.74) is 5.54. The van der Waals surface area contributed by atoms with Crippen molar-refractivity contribution in [3.63, 3.8) is 0 Å². The summed E-state index contributed by atoms with van der Waals surface area (Å²) in [7, 11) is -1.33. The number of rotatable bonds is 9. The van der Waals surface area contributed by atoms with E-state index >= 15 is 0 Å². The van der Waals surface area contributed by atoms with E-state index in [1.165, 1.54) is 11.3 Å². The Labute approximate surface area is 126 Å². The largest absolute Gasteiger partial charge is 0.326 e. The van der Waals surface area contributed by atoms with E-state index in [9.17, 15) is 8.42 Å². The minimum atomic E-state index is -3.41. The zero-order valence-electron chi connectivity index (χ0n) is 12.4. The maximum absolute atomic E-state index is 12.1. The molecule has 0 aliphatic heterocycles. The number of thiophene rings is 1. The number of nitrogens with one attached hydrogen (secondary N) is 1. The van der Waals surface area contributed by atoms with Crippen LogP contribution in [0.25, 0.3) is 0 Å². The molecule has 0 aliphatic carbocycles. The van der Waals surface area contributed by atoms with Gasteiger partial charge in [-0.1, -0.05) is 0 Å². The minimum absolute atomic E-state index is 0.257. The average molecular weight is 319 g/mol. The van der Waals surface area contributed by atoms with Crippen molar-refractivity contribution in [1.29, 1.82) is 0 Å². The van der Waals surface area contributed by atoms with Crippen molar-refractivity contribution in [1.82, 2.24) is 9.62 Å². The van der Waals surface area contributed by atoms with Gasteiger partial charge in [0.1, 0.15) is 0 Å². The Morgan fingerprint density at radius 2 is 2.10 bits per heavy atom. The lowest BCUT2D eigenvalue weighted by Crippen LogP contribution is -2.29. The monoisotopic (exact) mass is 319 g/mol. The Bertz CT molecular complexity index is 497. The van der Waals surface area contributed by atoms with Gasteiger partial charge >= 0.3 is 0 Å². The van der Waals surface area contributed by atoms with Crippen molar-refractivity contribution in [3.05, 3.63) is 16.3 Å². The standard InChI is InChI=1S/C13H25N3O2S2/c1-11(2)16(3)8-5-4-7-15-20(17,18)13-6-9-19-12(13)10-14/h6,9,11,15H,4-5,7-8,10,14H2,1-3H3. The van der Waals surface area contributed by atoms with Gasteiger partial charge in [-0.3, -0.25) is 0 Å². The van der Waals surface area contributed by atoms with Crippen LogP contribution in [0.2, 0.25) is 0 Å². The summed E-state index contributed by atoms with van der Waals surface area (Å²) in [5, 5.41) is 1.76. The molecule has 0 saturated heterocycles. The highest BCUT2D eigenvalue weighted by Gasteiger charge is 2.18. The Balaban J connectivity index is 2.38. The number of nitrogens with two attached hydrogens (primary N) is 1. The van der Waals surface area contributed by atoms with Crippen LogP contribution in [0.1, 0.15) is 31.6 Å². The van der Waals surface area contributed by atoms with E-state index < -0.39 is 10.0 Å². The quantitative estimate of drug-likeness (QED) is 0.678. The Hall–Kier alpha value is -0.470. The average Bonchev–Trinajstić information content (AvgIpc) is 2.86. The van der Waals surface area contributed by atoms with E-state index in [1.54, 1.807) is 11.4 Å². The van der Waals surface area contributed by atoms with Gasteiger partial charge in [-0.2, -0.15) is 0 Å². The van der Waals surface area contributed by atoms with Crippen LogP contribution >= 0.6 is 11.3 Å². The topological polar surface area (TPSA) is 75.4 Å². The van der Waals surface area contributed by atoms with Crippen molar-refractivity contribution in [2.24, 2.45) is 5.73 Å². The maximum atomic E-state index is 12.1. The van der Waals surface area contributed by atoms with Gasteiger partial charge in [0.2, 0.25) is 10.0 Å². The van der Waals surface area contributed by atoms with Gasteiger partial charge in [-0.05, 0) is 51.7 Å². The van der Waals surface area contributed by atoms with E-state index in [0.29, 0.717) is 22.4 Å². The molecule has 0 saturated carbocycles. The van der Waals surface area contributed by atoms with Crippen LogP contribution in [0, 0.1) is 0 Å². The second kappa shape index (κ2) is 8.09. The van der Waals surface area contributed by atoms with E-state index in [0.717, 1.165) is 19.4 Å². The van der Waals surface area contributed by atoms with E-state index in [-0.39, 0.29) is 6.54 Å². The van der Waals surface area contributed by atoms with Crippen molar-refractivity contribution < 1.29 is 8.42 Å². The molecule has 0 spiro atoms. The van der Waals surface area contributed by atoms with Crippen molar-refractivity contribution >= 4 is 21.4 Å². The van der Waals surface area contributed by atoms with Crippen molar-refractivity contribution in [3.8, 4) is 0 Å². The van der Waals surface area contributed by atoms with Crippen molar-refractivity contribution in [2.45, 2.75) is 44.2 Å². The summed E-state index contributed by atoms with van der Waals surface area (Å²) in [6.07, 6.45) is 1.81. The highest BCUT2D eigenvalue weighted by Crippen LogP contribution is 2.20. The molecular weight excluding hydrogens is 294 g/mol. The molecule has 0 unspecified atom stereocenters. The molecule has 1 heterocycles. The molecule has 1 aromatic rings. The molecule has 0 aromatic carbocycles. The number of unbranched alkanes of at least 4 members (excludes halogenated alkanes) is 1. The van der Waals surface area contributed by atoms with Crippen LogP contribution in [0.4, 0.5) is 0 Å². The summed E-state index contributed by atoms with van der Waals surface area (Å²) < 4.78 is 26.9. The normalized spacial score (nSPS) is 12.5. The molecule has 3 N–H and O–H groups in total. The molecule has 1 rings (SSSR count). The molecule has 20 heavy (non-hydrogen) atoms. The minimum Gasteiger partial charge on any atom is -0.326 e. The first-order chi connectivity index (χ1) is 9.38. The number of nitrogens with zero attached hydrogens (tertiary/aromatic N) is 1. The van der Waals surface area contributed by atoms with E-state index in [2.05, 4.69) is 30.5 Å². The maximum Gasteiger partial charge on any atom is 0.241 e. The summed E-state index contributed by atoms with van der Waals surface area (Å²) in [4.78, 5) is 3.28. The van der Waals surface area contributed by atoms with Gasteiger partial charge in [0.15, 0.2) is 0 Å². The number of sulfonamides is 1. The van der Waals surface area contributed by atoms with Crippen LogP contribution in [-0.4, -0.2) is 39.5 Å². The van der Waals surface area contributed by atoms with Crippen molar-refractivity contribution in [2.75, 3.05) is 20.1 Å². The zero-order chi connectivity index (χ0) is 15.2. The molecule has 0 atom stereocenters. The fourth-order valence-corrected chi connectivity index (χ4v) is 4.15. The lowest BCUT2D eigenvalue weighted by molar-refractivity contribution is 0.268. The predicted molar refractivity (Wildman–Crippen MR) is 84.4 cm³/mol. The first-order valence-electron chi connectivity index (χ1n) is 6.85. The summed E-state index contributed by atoms with van der Waals surface area (Å²) in [6.45, 7) is 5.99. The summed E-state index contributed by atoms with van der Waals surface area (Å²) in [6, 6.07) is 2.13. The van der Waals surface area contributed by atoms with E-state index in [4.69, 9.17) is 5.73 Å². The third-order valence-corrected chi connectivity index (χ3v) is 5.91. The fraction of sp³-hybridized carbons (Fsp3) is 0.692. The molecule has 0 aliphatic rings. The number of hydrogen-bond donors (Lipinski definition) is 2. The highest BCUT2D eigenvalue weighted by molar-refractivity contribution is 7.89. The van der Waals surface area contributed by atoms with Crippen LogP contribution < -0.4 is 10.5 Å². The third-order valence-electron chi connectivity index (χ3n) is 3.29. The molecular formula is C13H25N3O2S2. The highest BCUT2D eigenvalue weighted by atomic mass is 32.2. The third kappa shape index (κ3) is 5.14. The Morgan fingerprint density at radius 3 is 2.70 bits per heavy atom. The fourth-order valence-electron chi connectivity index (χ4n) is 1.75. The van der Waals surface area contributed by atoms with E-state index in [1.807, 2.05) is 0 Å². The van der Waals surface area contributed by atoms with Crippen LogP contribution in [0.15, 0.2) is 16.3 Å². The molecule has 0 fully saturated rings. The first kappa shape index (κ1) is 17.6. The molecule has 116 valence electrons. The predicted octanol–water partition coefficient (Wildman–Crippen LogP) is 1.61. The second-order valence-electron chi connectivity index (χ2n) is 5.09. The summed E-state index contributed by atoms with van der Waals surface area (Å²) in [5.74, 6) is 0. The van der Waals surface area contributed by atoms with Gasteiger partial charge in [-0.15, -0.1) is 11.3 Å². The molecule has 0 bridgehead atoms. The smallest absolute Gasteiger partial charge is 0.241 e. The first-order valence-corrected chi connectivity index (χ1v) is 9.21. The number of hydrogen-bond acceptors (Lipinski definition) is 5. The SMILES string of the molecule is CC(C)N(C)CCCCNS(=O)(=O)c1ccsc1CN. The lowest BCUT2D eigenvalue weighted by atomic mass is 10.2.